The molecule has 11 nitrogen and oxygen atoms in total. The maximum absolute atomic E-state index is 12.2. The lowest BCUT2D eigenvalue weighted by Gasteiger charge is -2.15. The quantitative estimate of drug-likeness (QED) is 0.217. The Labute approximate surface area is 262 Å². The zero-order valence-corrected chi connectivity index (χ0v) is 25.0. The molecule has 1 aliphatic heterocycles. The van der Waals surface area contributed by atoms with Crippen molar-refractivity contribution in [2.24, 2.45) is 12.0 Å². The number of carboxylic acids is 3. The smallest absolute Gasteiger partial charge is 0.352 e. The molecule has 5 rings (SSSR count). The van der Waals surface area contributed by atoms with Crippen molar-refractivity contribution < 1.29 is 39.2 Å². The number of rotatable bonds is 6. The van der Waals surface area contributed by atoms with Crippen molar-refractivity contribution in [2.75, 3.05) is 13.2 Å². The number of carboxylic acid groups (broad SMARTS) is 3. The van der Waals surface area contributed by atoms with Crippen LogP contribution in [0.3, 0.4) is 0 Å². The molecule has 44 heavy (non-hydrogen) atoms. The number of aromatic carboxylic acids is 3. The highest BCUT2D eigenvalue weighted by molar-refractivity contribution is 6.37. The number of ether oxygens (including phenoxy) is 1. The Balaban J connectivity index is 0.000000189. The van der Waals surface area contributed by atoms with Crippen LogP contribution in [-0.2, 0) is 11.8 Å². The first kappa shape index (κ1) is 33.5. The van der Waals surface area contributed by atoms with Crippen LogP contribution >= 0.6 is 23.2 Å². The summed E-state index contributed by atoms with van der Waals surface area (Å²) < 4.78 is 6.72. The summed E-state index contributed by atoms with van der Waals surface area (Å²) in [6.45, 7) is 2.97. The van der Waals surface area contributed by atoms with E-state index < -0.39 is 17.9 Å². The van der Waals surface area contributed by atoms with E-state index in [-0.39, 0.29) is 38.8 Å². The topological polar surface area (TPSA) is 168 Å². The molecule has 0 unspecified atom stereocenters. The minimum Gasteiger partial charge on any atom is -0.478 e. The molecule has 13 heteroatoms. The van der Waals surface area contributed by atoms with E-state index in [1.807, 2.05) is 0 Å². The highest BCUT2D eigenvalue weighted by Gasteiger charge is 2.19. The van der Waals surface area contributed by atoms with Gasteiger partial charge in [0.1, 0.15) is 5.69 Å². The van der Waals surface area contributed by atoms with Gasteiger partial charge in [0, 0.05) is 48.6 Å². The molecule has 0 atom stereocenters. The van der Waals surface area contributed by atoms with Crippen molar-refractivity contribution in [1.82, 2.24) is 9.55 Å². The Morgan fingerprint density at radius 2 is 1.55 bits per heavy atom. The molecule has 3 heterocycles. The van der Waals surface area contributed by atoms with Crippen molar-refractivity contribution in [2.45, 2.75) is 13.3 Å². The van der Waals surface area contributed by atoms with Crippen LogP contribution in [-0.4, -0.2) is 67.6 Å². The molecule has 0 saturated heterocycles. The van der Waals surface area contributed by atoms with Gasteiger partial charge in [-0.2, -0.15) is 0 Å². The molecule has 1 aliphatic rings. The van der Waals surface area contributed by atoms with Gasteiger partial charge >= 0.3 is 17.9 Å². The Bertz CT molecular complexity index is 1730. The van der Waals surface area contributed by atoms with Crippen molar-refractivity contribution in [1.29, 1.82) is 0 Å². The van der Waals surface area contributed by atoms with Crippen LogP contribution in [0.4, 0.5) is 0 Å². The van der Waals surface area contributed by atoms with Gasteiger partial charge in [-0.25, -0.2) is 14.4 Å². The van der Waals surface area contributed by atoms with Crippen LogP contribution in [0.1, 0.15) is 64.8 Å². The monoisotopic (exact) mass is 639 g/mol. The normalized spacial score (nSPS) is 11.9. The third-order valence-corrected chi connectivity index (χ3v) is 6.63. The van der Waals surface area contributed by atoms with Crippen molar-refractivity contribution >= 4 is 52.8 Å². The van der Waals surface area contributed by atoms with Gasteiger partial charge in [0.15, 0.2) is 5.78 Å². The number of ketones is 1. The first-order valence-electron chi connectivity index (χ1n) is 12.9. The minimum atomic E-state index is -1.09. The highest BCUT2D eigenvalue weighted by atomic mass is 35.5. The van der Waals surface area contributed by atoms with Crippen molar-refractivity contribution in [3.8, 4) is 0 Å². The molecule has 0 saturated carbocycles. The van der Waals surface area contributed by atoms with Crippen LogP contribution in [0, 0.1) is 6.92 Å². The molecule has 4 aromatic rings. The highest BCUT2D eigenvalue weighted by Crippen LogP contribution is 2.24. The van der Waals surface area contributed by atoms with Crippen molar-refractivity contribution in [3.05, 3.63) is 122 Å². The third kappa shape index (κ3) is 8.76. The number of aromatic nitrogens is 2. The largest absolute Gasteiger partial charge is 0.478 e. The van der Waals surface area contributed by atoms with Gasteiger partial charge in [-0.15, -0.1) is 0 Å². The molecule has 3 N–H and O–H groups in total. The number of aryl methyl sites for hydroxylation is 2. The second kappa shape index (κ2) is 15.5. The predicted molar refractivity (Wildman–Crippen MR) is 164 cm³/mol. The predicted octanol–water partition coefficient (Wildman–Crippen LogP) is 5.90. The minimum absolute atomic E-state index is 0.0356. The van der Waals surface area contributed by atoms with Crippen LogP contribution in [0.25, 0.3) is 0 Å². The fourth-order valence-corrected chi connectivity index (χ4v) is 4.41. The Hall–Kier alpha value is -5.00. The van der Waals surface area contributed by atoms with Gasteiger partial charge < -0.3 is 24.6 Å². The zero-order chi connectivity index (χ0) is 32.4. The number of carbonyl (C=O) groups excluding carboxylic acids is 1. The molecule has 0 radical (unpaired) electrons. The lowest BCUT2D eigenvalue weighted by Crippen LogP contribution is -2.17. The fraction of sp³-hybridized carbons (Fsp3) is 0.161. The number of carbonyl (C=O) groups is 4. The van der Waals surface area contributed by atoms with E-state index in [0.717, 1.165) is 6.42 Å². The molecule has 0 amide bonds. The van der Waals surface area contributed by atoms with E-state index in [4.69, 9.17) is 43.3 Å². The van der Waals surface area contributed by atoms with E-state index in [9.17, 15) is 19.2 Å². The summed E-state index contributed by atoms with van der Waals surface area (Å²) in [6.07, 6.45) is 3.91. The van der Waals surface area contributed by atoms with E-state index >= 15 is 0 Å². The Kier molecular flexibility index (Phi) is 11.8. The first-order chi connectivity index (χ1) is 20.9. The van der Waals surface area contributed by atoms with E-state index in [1.54, 1.807) is 56.6 Å². The Morgan fingerprint density at radius 3 is 2.09 bits per heavy atom. The summed E-state index contributed by atoms with van der Waals surface area (Å²) in [4.78, 5) is 52.5. The molecule has 0 bridgehead atoms. The molecule has 228 valence electrons. The van der Waals surface area contributed by atoms with Gasteiger partial charge in [-0.1, -0.05) is 35.3 Å². The summed E-state index contributed by atoms with van der Waals surface area (Å²) in [5.74, 6) is -2.87. The van der Waals surface area contributed by atoms with E-state index in [2.05, 4.69) is 9.98 Å². The standard InChI is InChI=1S/C13H9Cl2NO3.C11H11NO3.C7H7NO2/c1-16-6-7(4-11(16)13(18)19)12(17)9-3-2-8(14)5-10(9)15;13-11(14)9-5-2-1-4-8(9)10-12-6-3-7-15-10;1-5-6(7(9)10)3-2-4-8-5/h2-6H,1H3,(H,18,19);1-2,4-5H,3,6-7H2,(H,13,14);2-4H,1H3,(H,9,10). The lowest BCUT2D eigenvalue weighted by atomic mass is 10.1. The average molecular weight is 640 g/mol. The molecule has 2 aromatic heterocycles. The van der Waals surface area contributed by atoms with Gasteiger partial charge in [0.25, 0.3) is 0 Å². The van der Waals surface area contributed by atoms with Gasteiger partial charge in [0.05, 0.1) is 34.0 Å². The van der Waals surface area contributed by atoms with Gasteiger partial charge in [-0.3, -0.25) is 14.8 Å². The molecular weight excluding hydrogens is 613 g/mol. The van der Waals surface area contributed by atoms with E-state index in [1.165, 1.54) is 35.0 Å². The zero-order valence-electron chi connectivity index (χ0n) is 23.5. The SMILES string of the molecule is Cc1ncccc1C(=O)O.Cn1cc(C(=O)c2ccc(Cl)cc2Cl)cc1C(=O)O.O=C(O)c1ccccc1C1=NCCCO1. The van der Waals surface area contributed by atoms with Gasteiger partial charge in [0.2, 0.25) is 5.90 Å². The number of hydrogen-bond acceptors (Lipinski definition) is 7. The fourth-order valence-electron chi connectivity index (χ4n) is 3.92. The van der Waals surface area contributed by atoms with Crippen molar-refractivity contribution in [3.63, 3.8) is 0 Å². The second-order valence-electron chi connectivity index (χ2n) is 9.16. The number of benzene rings is 2. The van der Waals surface area contributed by atoms with Gasteiger partial charge in [-0.05, 0) is 55.5 Å². The molecule has 0 spiro atoms. The summed E-state index contributed by atoms with van der Waals surface area (Å²) in [6, 6.07) is 15.7. The number of hydrogen-bond donors (Lipinski definition) is 3. The second-order valence-corrected chi connectivity index (χ2v) is 10.0. The molecule has 0 fully saturated rings. The maximum Gasteiger partial charge on any atom is 0.352 e. The molecule has 0 aliphatic carbocycles. The van der Waals surface area contributed by atoms with Crippen LogP contribution in [0.5, 0.6) is 0 Å². The van der Waals surface area contributed by atoms with E-state index in [0.29, 0.717) is 35.3 Å². The summed E-state index contributed by atoms with van der Waals surface area (Å²) in [5.41, 5.74) is 2.20. The summed E-state index contributed by atoms with van der Waals surface area (Å²) in [7, 11) is 1.56. The lowest BCUT2D eigenvalue weighted by molar-refractivity contribution is 0.0678. The third-order valence-electron chi connectivity index (χ3n) is 6.08. The number of nitrogens with zero attached hydrogens (tertiary/aromatic N) is 3. The number of pyridine rings is 1. The summed E-state index contributed by atoms with van der Waals surface area (Å²) in [5, 5.41) is 27.1. The number of halogens is 2. The first-order valence-corrected chi connectivity index (χ1v) is 13.7. The average Bonchev–Trinajstić information content (AvgIpc) is 3.40. The molecular formula is C31H27Cl2N3O8. The Morgan fingerprint density at radius 1 is 0.864 bits per heavy atom. The van der Waals surface area contributed by atoms with Crippen LogP contribution < -0.4 is 0 Å². The van der Waals surface area contributed by atoms with Crippen LogP contribution in [0.15, 0.2) is 78.0 Å². The molecule has 2 aromatic carbocycles. The maximum atomic E-state index is 12.2. The number of aliphatic imine (C=N–C) groups is 1. The summed E-state index contributed by atoms with van der Waals surface area (Å²) >= 11 is 11.7. The van der Waals surface area contributed by atoms with Crippen LogP contribution in [0.2, 0.25) is 10.0 Å².